The van der Waals surface area contributed by atoms with Gasteiger partial charge in [0, 0.05) is 0 Å². The lowest BCUT2D eigenvalue weighted by Gasteiger charge is -2.12. The third kappa shape index (κ3) is 2.49. The van der Waals surface area contributed by atoms with E-state index in [1.54, 1.807) is 6.92 Å². The molecule has 0 saturated carbocycles. The van der Waals surface area contributed by atoms with E-state index in [0.717, 1.165) is 5.56 Å². The first-order valence-corrected chi connectivity index (χ1v) is 4.54. The van der Waals surface area contributed by atoms with Crippen LogP contribution in [0.25, 0.3) is 0 Å². The zero-order valence-corrected chi connectivity index (χ0v) is 8.70. The maximum atomic E-state index is 10.8. The summed E-state index contributed by atoms with van der Waals surface area (Å²) in [6.07, 6.45) is -0.586. The Morgan fingerprint density at radius 2 is 2.00 bits per heavy atom. The van der Waals surface area contributed by atoms with Crippen LogP contribution in [0.15, 0.2) is 18.2 Å². The molecular formula is C11H15NO2. The molecule has 0 fully saturated rings. The number of primary amides is 1. The average molecular weight is 193 g/mol. The summed E-state index contributed by atoms with van der Waals surface area (Å²) in [5, 5.41) is 0. The molecule has 14 heavy (non-hydrogen) atoms. The predicted octanol–water partition coefficient (Wildman–Crippen LogP) is 1.56. The molecule has 0 heterocycles. The van der Waals surface area contributed by atoms with E-state index in [2.05, 4.69) is 0 Å². The van der Waals surface area contributed by atoms with Crippen LogP contribution in [0.4, 0.5) is 0 Å². The Labute approximate surface area is 83.9 Å². The third-order valence-corrected chi connectivity index (χ3v) is 2.19. The van der Waals surface area contributed by atoms with Crippen LogP contribution < -0.4 is 10.5 Å². The molecule has 1 aromatic rings. The summed E-state index contributed by atoms with van der Waals surface area (Å²) < 4.78 is 5.34. The Kier molecular flexibility index (Phi) is 3.12. The molecule has 1 aromatic carbocycles. The van der Waals surface area contributed by atoms with Crippen molar-refractivity contribution < 1.29 is 9.53 Å². The highest BCUT2D eigenvalue weighted by Gasteiger charge is 2.09. The summed E-state index contributed by atoms with van der Waals surface area (Å²) in [4.78, 5) is 10.8. The summed E-state index contributed by atoms with van der Waals surface area (Å²) in [5.41, 5.74) is 7.42. The normalized spacial score (nSPS) is 12.2. The van der Waals surface area contributed by atoms with E-state index in [9.17, 15) is 4.79 Å². The van der Waals surface area contributed by atoms with Gasteiger partial charge in [-0.15, -0.1) is 0 Å². The maximum absolute atomic E-state index is 10.8. The number of amides is 1. The highest BCUT2D eigenvalue weighted by atomic mass is 16.5. The standard InChI is InChI=1S/C11H15NO2/c1-7-4-5-10(6-8(7)2)14-9(3)11(12)13/h4-6,9H,1-3H3,(H2,12,13)/t9-/m1/s1. The van der Waals surface area contributed by atoms with Crippen molar-refractivity contribution in [3.8, 4) is 5.75 Å². The van der Waals surface area contributed by atoms with Crippen molar-refractivity contribution in [3.63, 3.8) is 0 Å². The number of nitrogens with two attached hydrogens (primary N) is 1. The van der Waals surface area contributed by atoms with Crippen LogP contribution in [0.2, 0.25) is 0 Å². The number of rotatable bonds is 3. The van der Waals surface area contributed by atoms with E-state index in [1.807, 2.05) is 32.0 Å². The zero-order valence-electron chi connectivity index (χ0n) is 8.70. The van der Waals surface area contributed by atoms with E-state index < -0.39 is 12.0 Å². The quantitative estimate of drug-likeness (QED) is 0.792. The highest BCUT2D eigenvalue weighted by molar-refractivity contribution is 5.78. The molecule has 0 aliphatic carbocycles. The molecule has 0 aromatic heterocycles. The van der Waals surface area contributed by atoms with Crippen LogP contribution in [0.1, 0.15) is 18.1 Å². The second kappa shape index (κ2) is 4.13. The first-order valence-electron chi connectivity index (χ1n) is 4.54. The van der Waals surface area contributed by atoms with E-state index >= 15 is 0 Å². The monoisotopic (exact) mass is 193 g/mol. The lowest BCUT2D eigenvalue weighted by molar-refractivity contribution is -0.123. The van der Waals surface area contributed by atoms with Gasteiger partial charge in [-0.1, -0.05) is 6.07 Å². The predicted molar refractivity (Wildman–Crippen MR) is 55.2 cm³/mol. The molecule has 0 unspecified atom stereocenters. The Morgan fingerprint density at radius 1 is 1.36 bits per heavy atom. The molecule has 0 aliphatic rings. The van der Waals surface area contributed by atoms with Crippen LogP contribution in [0, 0.1) is 13.8 Å². The van der Waals surface area contributed by atoms with Crippen molar-refractivity contribution in [3.05, 3.63) is 29.3 Å². The Hall–Kier alpha value is -1.51. The van der Waals surface area contributed by atoms with Gasteiger partial charge < -0.3 is 10.5 Å². The number of hydrogen-bond acceptors (Lipinski definition) is 2. The number of aryl methyl sites for hydroxylation is 2. The van der Waals surface area contributed by atoms with Gasteiger partial charge in [0.15, 0.2) is 6.10 Å². The second-order valence-corrected chi connectivity index (χ2v) is 3.41. The van der Waals surface area contributed by atoms with E-state index in [-0.39, 0.29) is 0 Å². The minimum absolute atomic E-state index is 0.455. The van der Waals surface area contributed by atoms with Gasteiger partial charge in [-0.3, -0.25) is 4.79 Å². The van der Waals surface area contributed by atoms with E-state index in [1.165, 1.54) is 5.56 Å². The van der Waals surface area contributed by atoms with Crippen LogP contribution >= 0.6 is 0 Å². The molecule has 0 radical (unpaired) electrons. The van der Waals surface area contributed by atoms with Crippen molar-refractivity contribution in [2.75, 3.05) is 0 Å². The van der Waals surface area contributed by atoms with Gasteiger partial charge in [0.25, 0.3) is 5.91 Å². The molecule has 3 heteroatoms. The summed E-state index contributed by atoms with van der Waals surface area (Å²) in [7, 11) is 0. The molecule has 0 spiro atoms. The Morgan fingerprint density at radius 3 is 2.50 bits per heavy atom. The minimum Gasteiger partial charge on any atom is -0.481 e. The fourth-order valence-corrected chi connectivity index (χ4v) is 1.05. The molecule has 1 amide bonds. The van der Waals surface area contributed by atoms with Gasteiger partial charge in [0.1, 0.15) is 5.75 Å². The average Bonchev–Trinajstić information content (AvgIpc) is 2.11. The summed E-state index contributed by atoms with van der Waals surface area (Å²) in [5.74, 6) is 0.225. The topological polar surface area (TPSA) is 52.3 Å². The largest absolute Gasteiger partial charge is 0.481 e. The fraction of sp³-hybridized carbons (Fsp3) is 0.364. The van der Waals surface area contributed by atoms with E-state index in [4.69, 9.17) is 10.5 Å². The van der Waals surface area contributed by atoms with Gasteiger partial charge in [0.05, 0.1) is 0 Å². The fourth-order valence-electron chi connectivity index (χ4n) is 1.05. The van der Waals surface area contributed by atoms with Gasteiger partial charge in [0.2, 0.25) is 0 Å². The summed E-state index contributed by atoms with van der Waals surface area (Å²) >= 11 is 0. The van der Waals surface area contributed by atoms with Gasteiger partial charge in [-0.25, -0.2) is 0 Å². The number of benzene rings is 1. The number of carbonyl (C=O) groups is 1. The van der Waals surface area contributed by atoms with Crippen molar-refractivity contribution in [2.24, 2.45) is 5.73 Å². The number of carbonyl (C=O) groups excluding carboxylic acids is 1. The molecule has 0 aliphatic heterocycles. The van der Waals surface area contributed by atoms with Crippen LogP contribution in [-0.4, -0.2) is 12.0 Å². The molecule has 1 atom stereocenters. The SMILES string of the molecule is Cc1ccc(O[C@H](C)C(N)=O)cc1C. The zero-order chi connectivity index (χ0) is 10.7. The molecular weight excluding hydrogens is 178 g/mol. The highest BCUT2D eigenvalue weighted by Crippen LogP contribution is 2.17. The number of ether oxygens (including phenoxy) is 1. The van der Waals surface area contributed by atoms with Crippen LogP contribution in [0.5, 0.6) is 5.75 Å². The van der Waals surface area contributed by atoms with Gasteiger partial charge in [-0.2, -0.15) is 0 Å². The maximum Gasteiger partial charge on any atom is 0.258 e. The second-order valence-electron chi connectivity index (χ2n) is 3.41. The molecule has 0 bridgehead atoms. The lowest BCUT2D eigenvalue weighted by atomic mass is 10.1. The minimum atomic E-state index is -0.586. The Balaban J connectivity index is 2.78. The molecule has 3 nitrogen and oxygen atoms in total. The third-order valence-electron chi connectivity index (χ3n) is 2.19. The van der Waals surface area contributed by atoms with Gasteiger partial charge >= 0.3 is 0 Å². The number of hydrogen-bond donors (Lipinski definition) is 1. The Bertz CT molecular complexity index is 347. The first-order chi connectivity index (χ1) is 6.50. The van der Waals surface area contributed by atoms with Crippen molar-refractivity contribution in [2.45, 2.75) is 26.9 Å². The summed E-state index contributed by atoms with van der Waals surface area (Å²) in [6, 6.07) is 5.69. The smallest absolute Gasteiger partial charge is 0.258 e. The van der Waals surface area contributed by atoms with Crippen molar-refractivity contribution in [1.29, 1.82) is 0 Å². The molecule has 76 valence electrons. The first kappa shape index (κ1) is 10.6. The van der Waals surface area contributed by atoms with E-state index in [0.29, 0.717) is 5.75 Å². The van der Waals surface area contributed by atoms with Crippen molar-refractivity contribution in [1.82, 2.24) is 0 Å². The lowest BCUT2D eigenvalue weighted by Crippen LogP contribution is -2.30. The van der Waals surface area contributed by atoms with Crippen LogP contribution in [0.3, 0.4) is 0 Å². The van der Waals surface area contributed by atoms with Crippen LogP contribution in [-0.2, 0) is 4.79 Å². The molecule has 0 saturated heterocycles. The van der Waals surface area contributed by atoms with Gasteiger partial charge in [-0.05, 0) is 44.0 Å². The van der Waals surface area contributed by atoms with Crippen molar-refractivity contribution >= 4 is 5.91 Å². The summed E-state index contributed by atoms with van der Waals surface area (Å²) in [6.45, 7) is 5.66. The molecule has 1 rings (SSSR count). The molecule has 2 N–H and O–H groups in total.